The van der Waals surface area contributed by atoms with Gasteiger partial charge in [-0.15, -0.1) is 24.0 Å². The number of nitrogens with one attached hydrogen (secondary N) is 2. The van der Waals surface area contributed by atoms with Crippen LogP contribution in [0, 0.1) is 5.92 Å². The van der Waals surface area contributed by atoms with Crippen molar-refractivity contribution >= 4 is 29.9 Å². The first kappa shape index (κ1) is 19.9. The van der Waals surface area contributed by atoms with Gasteiger partial charge in [-0.3, -0.25) is 4.99 Å². The van der Waals surface area contributed by atoms with E-state index in [4.69, 9.17) is 0 Å². The summed E-state index contributed by atoms with van der Waals surface area (Å²) in [6, 6.07) is 0. The third-order valence-corrected chi connectivity index (χ3v) is 3.43. The lowest BCUT2D eigenvalue weighted by Gasteiger charge is -2.21. The lowest BCUT2D eigenvalue weighted by molar-refractivity contribution is 0.280. The van der Waals surface area contributed by atoms with E-state index in [1.807, 2.05) is 7.05 Å². The Morgan fingerprint density at radius 3 is 2.55 bits per heavy atom. The number of nitrogens with zero attached hydrogens (tertiary/aromatic N) is 3. The molecular formula is C14H32IN5. The Balaban J connectivity index is 0.00000361. The predicted molar refractivity (Wildman–Crippen MR) is 98.2 cm³/mol. The van der Waals surface area contributed by atoms with Crippen LogP contribution >= 0.6 is 24.0 Å². The first-order chi connectivity index (χ1) is 9.11. The minimum absolute atomic E-state index is 0. The fourth-order valence-corrected chi connectivity index (χ4v) is 2.18. The molecule has 0 amide bonds. The Kier molecular flexibility index (Phi) is 11.5. The molecule has 0 radical (unpaired) electrons. The summed E-state index contributed by atoms with van der Waals surface area (Å²) in [6.45, 7) is 12.2. The molecule has 0 aromatic rings. The van der Waals surface area contributed by atoms with Gasteiger partial charge in [0.05, 0.1) is 0 Å². The first-order valence-electron chi connectivity index (χ1n) is 7.47. The van der Waals surface area contributed by atoms with Gasteiger partial charge in [0.15, 0.2) is 5.96 Å². The maximum atomic E-state index is 4.24. The minimum atomic E-state index is 0. The molecule has 120 valence electrons. The summed E-state index contributed by atoms with van der Waals surface area (Å²) in [6.07, 6.45) is 1.27. The predicted octanol–water partition coefficient (Wildman–Crippen LogP) is 1.06. The second-order valence-electron chi connectivity index (χ2n) is 5.77. The smallest absolute Gasteiger partial charge is 0.191 e. The van der Waals surface area contributed by atoms with E-state index in [2.05, 4.69) is 46.3 Å². The molecule has 1 aliphatic heterocycles. The van der Waals surface area contributed by atoms with Crippen molar-refractivity contribution in [2.45, 2.75) is 20.3 Å². The van der Waals surface area contributed by atoms with Crippen LogP contribution in [0.3, 0.4) is 0 Å². The van der Waals surface area contributed by atoms with Crippen LogP contribution in [0.4, 0.5) is 0 Å². The van der Waals surface area contributed by atoms with Crippen LogP contribution in [0.5, 0.6) is 0 Å². The van der Waals surface area contributed by atoms with Crippen LogP contribution < -0.4 is 10.6 Å². The third kappa shape index (κ3) is 8.97. The van der Waals surface area contributed by atoms with E-state index in [9.17, 15) is 0 Å². The molecule has 5 nitrogen and oxygen atoms in total. The van der Waals surface area contributed by atoms with Crippen molar-refractivity contribution in [2.75, 3.05) is 59.9 Å². The number of hydrogen-bond donors (Lipinski definition) is 2. The highest BCUT2D eigenvalue weighted by Crippen LogP contribution is 1.99. The normalized spacial score (nSPS) is 18.6. The molecule has 0 bridgehead atoms. The quantitative estimate of drug-likeness (QED) is 0.414. The summed E-state index contributed by atoms with van der Waals surface area (Å²) in [5.41, 5.74) is 0. The molecule has 0 atom stereocenters. The standard InChI is InChI=1S/C14H31N5.HI/c1-13(2)12-17-14(15-3)16-6-9-19-8-5-7-18(4)10-11-19;/h13H,5-12H2,1-4H3,(H2,15,16,17);1H. The Bertz CT molecular complexity index is 270. The molecule has 0 aromatic carbocycles. The maximum absolute atomic E-state index is 4.24. The lowest BCUT2D eigenvalue weighted by Crippen LogP contribution is -2.43. The second kappa shape index (κ2) is 11.6. The van der Waals surface area contributed by atoms with E-state index >= 15 is 0 Å². The number of halogens is 1. The first-order valence-corrected chi connectivity index (χ1v) is 7.47. The van der Waals surface area contributed by atoms with Gasteiger partial charge in [0.25, 0.3) is 0 Å². The van der Waals surface area contributed by atoms with Crippen molar-refractivity contribution in [3.8, 4) is 0 Å². The molecular weight excluding hydrogens is 365 g/mol. The molecule has 0 saturated carbocycles. The van der Waals surface area contributed by atoms with Gasteiger partial charge in [0, 0.05) is 39.8 Å². The molecule has 1 rings (SSSR count). The summed E-state index contributed by atoms with van der Waals surface area (Å²) in [5.74, 6) is 1.56. The molecule has 6 heteroatoms. The molecule has 1 fully saturated rings. The van der Waals surface area contributed by atoms with Gasteiger partial charge in [0.2, 0.25) is 0 Å². The summed E-state index contributed by atoms with van der Waals surface area (Å²) in [5, 5.41) is 6.73. The second-order valence-corrected chi connectivity index (χ2v) is 5.77. The zero-order valence-corrected chi connectivity index (χ0v) is 15.8. The fraction of sp³-hybridized carbons (Fsp3) is 0.929. The Labute approximate surface area is 141 Å². The van der Waals surface area contributed by atoms with Crippen LogP contribution in [0.2, 0.25) is 0 Å². The van der Waals surface area contributed by atoms with Gasteiger partial charge in [-0.25, -0.2) is 0 Å². The third-order valence-electron chi connectivity index (χ3n) is 3.43. The van der Waals surface area contributed by atoms with Crippen molar-refractivity contribution in [3.05, 3.63) is 0 Å². The van der Waals surface area contributed by atoms with E-state index < -0.39 is 0 Å². The van der Waals surface area contributed by atoms with Crippen LogP contribution in [0.1, 0.15) is 20.3 Å². The highest BCUT2D eigenvalue weighted by molar-refractivity contribution is 14.0. The highest BCUT2D eigenvalue weighted by atomic mass is 127. The summed E-state index contributed by atoms with van der Waals surface area (Å²) >= 11 is 0. The van der Waals surface area contributed by atoms with Crippen molar-refractivity contribution in [1.82, 2.24) is 20.4 Å². The average molecular weight is 397 g/mol. The molecule has 2 N–H and O–H groups in total. The number of likely N-dealkylation sites (N-methyl/N-ethyl adjacent to an activating group) is 1. The minimum Gasteiger partial charge on any atom is -0.356 e. The van der Waals surface area contributed by atoms with E-state index in [1.54, 1.807) is 0 Å². The van der Waals surface area contributed by atoms with Gasteiger partial charge in [0.1, 0.15) is 0 Å². The van der Waals surface area contributed by atoms with Crippen molar-refractivity contribution in [2.24, 2.45) is 10.9 Å². The molecule has 20 heavy (non-hydrogen) atoms. The molecule has 0 unspecified atom stereocenters. The molecule has 0 spiro atoms. The molecule has 0 aromatic heterocycles. The Morgan fingerprint density at radius 2 is 1.90 bits per heavy atom. The average Bonchev–Trinajstić information content (AvgIpc) is 2.58. The highest BCUT2D eigenvalue weighted by Gasteiger charge is 2.11. The van der Waals surface area contributed by atoms with Crippen LogP contribution in [0.15, 0.2) is 4.99 Å². The zero-order chi connectivity index (χ0) is 14.1. The summed E-state index contributed by atoms with van der Waals surface area (Å²) < 4.78 is 0. The van der Waals surface area contributed by atoms with E-state index in [0.29, 0.717) is 5.92 Å². The Hall–Kier alpha value is -0.0800. The fourth-order valence-electron chi connectivity index (χ4n) is 2.18. The van der Waals surface area contributed by atoms with Crippen LogP contribution in [-0.2, 0) is 0 Å². The largest absolute Gasteiger partial charge is 0.356 e. The van der Waals surface area contributed by atoms with E-state index in [-0.39, 0.29) is 24.0 Å². The van der Waals surface area contributed by atoms with Crippen LogP contribution in [-0.4, -0.2) is 75.7 Å². The van der Waals surface area contributed by atoms with Crippen LogP contribution in [0.25, 0.3) is 0 Å². The van der Waals surface area contributed by atoms with Gasteiger partial charge in [-0.1, -0.05) is 13.8 Å². The van der Waals surface area contributed by atoms with Gasteiger partial charge in [-0.2, -0.15) is 0 Å². The Morgan fingerprint density at radius 1 is 1.15 bits per heavy atom. The molecule has 1 aliphatic rings. The van der Waals surface area contributed by atoms with Crippen molar-refractivity contribution in [3.63, 3.8) is 0 Å². The molecule has 1 heterocycles. The number of hydrogen-bond acceptors (Lipinski definition) is 3. The number of guanidine groups is 1. The lowest BCUT2D eigenvalue weighted by atomic mass is 10.2. The maximum Gasteiger partial charge on any atom is 0.191 e. The van der Waals surface area contributed by atoms with Gasteiger partial charge >= 0.3 is 0 Å². The number of rotatable bonds is 5. The molecule has 1 saturated heterocycles. The van der Waals surface area contributed by atoms with E-state index in [0.717, 1.165) is 25.6 Å². The van der Waals surface area contributed by atoms with E-state index in [1.165, 1.54) is 32.6 Å². The van der Waals surface area contributed by atoms with Crippen molar-refractivity contribution < 1.29 is 0 Å². The monoisotopic (exact) mass is 397 g/mol. The topological polar surface area (TPSA) is 42.9 Å². The molecule has 0 aliphatic carbocycles. The van der Waals surface area contributed by atoms with Crippen molar-refractivity contribution in [1.29, 1.82) is 0 Å². The summed E-state index contributed by atoms with van der Waals surface area (Å²) in [7, 11) is 4.04. The zero-order valence-electron chi connectivity index (χ0n) is 13.5. The van der Waals surface area contributed by atoms with Gasteiger partial charge in [-0.05, 0) is 32.5 Å². The number of aliphatic imine (C=N–C) groups is 1. The van der Waals surface area contributed by atoms with Gasteiger partial charge < -0.3 is 20.4 Å². The SMILES string of the molecule is CN=C(NCCN1CCCN(C)CC1)NCC(C)C.I. The summed E-state index contributed by atoms with van der Waals surface area (Å²) in [4.78, 5) is 9.19.